The van der Waals surface area contributed by atoms with Crippen LogP contribution in [0.5, 0.6) is 0 Å². The van der Waals surface area contributed by atoms with E-state index in [0.29, 0.717) is 11.3 Å². The number of nitro benzene ring substituents is 1. The fraction of sp³-hybridized carbons (Fsp3) is 0.0625. The Morgan fingerprint density at radius 1 is 1.20 bits per heavy atom. The van der Waals surface area contributed by atoms with Gasteiger partial charge in [0.05, 0.1) is 11.1 Å². The highest BCUT2D eigenvalue weighted by Gasteiger charge is 2.14. The fourth-order valence-corrected chi connectivity index (χ4v) is 2.04. The summed E-state index contributed by atoms with van der Waals surface area (Å²) in [5, 5.41) is 16.9. The van der Waals surface area contributed by atoms with E-state index >= 15 is 0 Å². The molecule has 128 valence electrons. The molecule has 8 nitrogen and oxygen atoms in total. The Kier molecular flexibility index (Phi) is 5.80. The van der Waals surface area contributed by atoms with Crippen LogP contribution in [0.1, 0.15) is 11.1 Å². The molecule has 0 aliphatic carbocycles. The highest BCUT2D eigenvalue weighted by atomic mass is 35.5. The van der Waals surface area contributed by atoms with E-state index in [9.17, 15) is 19.7 Å². The minimum atomic E-state index is -0.969. The lowest BCUT2D eigenvalue weighted by Crippen LogP contribution is -2.32. The van der Waals surface area contributed by atoms with E-state index in [1.165, 1.54) is 24.4 Å². The summed E-state index contributed by atoms with van der Waals surface area (Å²) in [4.78, 5) is 33.7. The lowest BCUT2D eigenvalue weighted by atomic mass is 10.2. The van der Waals surface area contributed by atoms with Crippen molar-refractivity contribution in [2.45, 2.75) is 6.92 Å². The van der Waals surface area contributed by atoms with Crippen molar-refractivity contribution in [3.8, 4) is 0 Å². The number of para-hydroxylation sites is 1. The molecule has 0 fully saturated rings. The Balaban J connectivity index is 1.98. The summed E-state index contributed by atoms with van der Waals surface area (Å²) in [6.07, 6.45) is 1.17. The summed E-state index contributed by atoms with van der Waals surface area (Å²) in [5.74, 6) is -1.85. The Labute approximate surface area is 147 Å². The Morgan fingerprint density at radius 3 is 2.60 bits per heavy atom. The van der Waals surface area contributed by atoms with Gasteiger partial charge in [0, 0.05) is 17.3 Å². The number of carbonyl (C=O) groups excluding carboxylic acids is 2. The maximum Gasteiger partial charge on any atom is 0.329 e. The van der Waals surface area contributed by atoms with Crippen LogP contribution < -0.4 is 10.7 Å². The van der Waals surface area contributed by atoms with Crippen molar-refractivity contribution in [1.29, 1.82) is 0 Å². The van der Waals surface area contributed by atoms with E-state index in [1.54, 1.807) is 31.2 Å². The molecule has 2 aromatic carbocycles. The zero-order valence-corrected chi connectivity index (χ0v) is 13.8. The van der Waals surface area contributed by atoms with Gasteiger partial charge in [0.25, 0.3) is 5.69 Å². The standard InChI is InChI=1S/C16H13ClN4O4/c1-10-4-2-3-5-13(10)19-15(22)16(23)20-18-9-11-6-7-12(17)14(8-11)21(24)25/h2-9H,1H3,(H,19,22)(H,20,23)/b18-9-. The first-order valence-corrected chi connectivity index (χ1v) is 7.40. The number of nitrogens with one attached hydrogen (secondary N) is 2. The molecule has 9 heteroatoms. The number of benzene rings is 2. The lowest BCUT2D eigenvalue weighted by molar-refractivity contribution is -0.384. The van der Waals surface area contributed by atoms with E-state index in [0.717, 1.165) is 5.56 Å². The van der Waals surface area contributed by atoms with Crippen LogP contribution in [0.2, 0.25) is 5.02 Å². The Bertz CT molecular complexity index is 867. The first kappa shape index (κ1) is 18.1. The van der Waals surface area contributed by atoms with Crippen LogP contribution >= 0.6 is 11.6 Å². The van der Waals surface area contributed by atoms with Crippen molar-refractivity contribution in [1.82, 2.24) is 5.43 Å². The van der Waals surface area contributed by atoms with Crippen LogP contribution in [0.25, 0.3) is 0 Å². The molecule has 2 rings (SSSR count). The van der Waals surface area contributed by atoms with Gasteiger partial charge in [0.15, 0.2) is 0 Å². The summed E-state index contributed by atoms with van der Waals surface area (Å²) in [5.41, 5.74) is 3.43. The monoisotopic (exact) mass is 360 g/mol. The number of rotatable bonds is 4. The van der Waals surface area contributed by atoms with Gasteiger partial charge in [0.1, 0.15) is 5.02 Å². The number of hydrogen-bond acceptors (Lipinski definition) is 5. The van der Waals surface area contributed by atoms with Crippen molar-refractivity contribution >= 4 is 41.0 Å². The molecule has 0 aliphatic heterocycles. The summed E-state index contributed by atoms with van der Waals surface area (Å²) in [6, 6.07) is 11.0. The van der Waals surface area contributed by atoms with Gasteiger partial charge in [-0.25, -0.2) is 5.43 Å². The number of nitrogens with zero attached hydrogens (tertiary/aromatic N) is 2. The van der Waals surface area contributed by atoms with Gasteiger partial charge >= 0.3 is 11.8 Å². The van der Waals surface area contributed by atoms with Gasteiger partial charge in [-0.3, -0.25) is 19.7 Å². The van der Waals surface area contributed by atoms with Crippen molar-refractivity contribution in [2.24, 2.45) is 5.10 Å². The minimum absolute atomic E-state index is 0.0104. The summed E-state index contributed by atoms with van der Waals surface area (Å²) in [6.45, 7) is 1.79. The maximum atomic E-state index is 11.8. The van der Waals surface area contributed by atoms with Gasteiger partial charge in [-0.15, -0.1) is 0 Å². The molecule has 2 amide bonds. The molecule has 25 heavy (non-hydrogen) atoms. The summed E-state index contributed by atoms with van der Waals surface area (Å²) >= 11 is 5.70. The number of nitro groups is 1. The van der Waals surface area contributed by atoms with Crippen molar-refractivity contribution < 1.29 is 14.5 Å². The second-order valence-corrected chi connectivity index (χ2v) is 5.34. The van der Waals surface area contributed by atoms with Crippen molar-refractivity contribution in [3.63, 3.8) is 0 Å². The average Bonchev–Trinajstić information content (AvgIpc) is 2.58. The van der Waals surface area contributed by atoms with E-state index in [2.05, 4.69) is 10.4 Å². The minimum Gasteiger partial charge on any atom is -0.317 e. The third kappa shape index (κ3) is 4.85. The van der Waals surface area contributed by atoms with Crippen LogP contribution in [-0.4, -0.2) is 23.0 Å². The molecular formula is C16H13ClN4O4. The lowest BCUT2D eigenvalue weighted by Gasteiger charge is -2.06. The van der Waals surface area contributed by atoms with E-state index < -0.39 is 16.7 Å². The fourth-order valence-electron chi connectivity index (χ4n) is 1.86. The van der Waals surface area contributed by atoms with Crippen molar-refractivity contribution in [3.05, 3.63) is 68.7 Å². The molecule has 2 aromatic rings. The molecule has 0 unspecified atom stereocenters. The molecule has 0 spiro atoms. The quantitative estimate of drug-likeness (QED) is 0.377. The molecular weight excluding hydrogens is 348 g/mol. The van der Waals surface area contributed by atoms with Gasteiger partial charge in [-0.1, -0.05) is 35.9 Å². The van der Waals surface area contributed by atoms with Crippen LogP contribution in [0.15, 0.2) is 47.6 Å². The number of halogens is 1. The van der Waals surface area contributed by atoms with Crippen LogP contribution in [0.4, 0.5) is 11.4 Å². The Hall–Kier alpha value is -3.26. The highest BCUT2D eigenvalue weighted by molar-refractivity contribution is 6.39. The molecule has 0 saturated carbocycles. The average molecular weight is 361 g/mol. The Morgan fingerprint density at radius 2 is 1.92 bits per heavy atom. The molecule has 0 radical (unpaired) electrons. The molecule has 0 heterocycles. The van der Waals surface area contributed by atoms with E-state index in [-0.39, 0.29) is 10.7 Å². The zero-order chi connectivity index (χ0) is 18.4. The predicted molar refractivity (Wildman–Crippen MR) is 93.7 cm³/mol. The predicted octanol–water partition coefficient (Wildman–Crippen LogP) is 2.65. The van der Waals surface area contributed by atoms with E-state index in [1.807, 2.05) is 5.43 Å². The molecule has 0 bridgehead atoms. The molecule has 0 saturated heterocycles. The molecule has 2 N–H and O–H groups in total. The number of amides is 2. The number of hydrogen-bond donors (Lipinski definition) is 2. The van der Waals surface area contributed by atoms with Gasteiger partial charge in [-0.05, 0) is 24.6 Å². The largest absolute Gasteiger partial charge is 0.329 e. The van der Waals surface area contributed by atoms with Gasteiger partial charge in [-0.2, -0.15) is 5.10 Å². The molecule has 0 aliphatic rings. The molecule has 0 atom stereocenters. The first-order chi connectivity index (χ1) is 11.9. The number of carbonyl (C=O) groups is 2. The summed E-state index contributed by atoms with van der Waals surface area (Å²) in [7, 11) is 0. The molecule has 0 aromatic heterocycles. The third-order valence-electron chi connectivity index (χ3n) is 3.15. The van der Waals surface area contributed by atoms with E-state index in [4.69, 9.17) is 11.6 Å². The second kappa shape index (κ2) is 8.02. The normalized spacial score (nSPS) is 10.5. The van der Waals surface area contributed by atoms with Crippen LogP contribution in [-0.2, 0) is 9.59 Å². The number of anilines is 1. The van der Waals surface area contributed by atoms with Gasteiger partial charge < -0.3 is 5.32 Å². The van der Waals surface area contributed by atoms with Crippen molar-refractivity contribution in [2.75, 3.05) is 5.32 Å². The van der Waals surface area contributed by atoms with Crippen LogP contribution in [0.3, 0.4) is 0 Å². The second-order valence-electron chi connectivity index (χ2n) is 4.94. The van der Waals surface area contributed by atoms with Gasteiger partial charge in [0.2, 0.25) is 0 Å². The smallest absolute Gasteiger partial charge is 0.317 e. The first-order valence-electron chi connectivity index (χ1n) is 7.02. The SMILES string of the molecule is Cc1ccccc1NC(=O)C(=O)N/N=C\c1ccc(Cl)c([N+](=O)[O-])c1. The topological polar surface area (TPSA) is 114 Å². The third-order valence-corrected chi connectivity index (χ3v) is 3.47. The zero-order valence-electron chi connectivity index (χ0n) is 13.0. The number of hydrazone groups is 1. The number of aryl methyl sites for hydroxylation is 1. The highest BCUT2D eigenvalue weighted by Crippen LogP contribution is 2.24. The summed E-state index contributed by atoms with van der Waals surface area (Å²) < 4.78 is 0. The maximum absolute atomic E-state index is 11.8. The van der Waals surface area contributed by atoms with Crippen LogP contribution in [0, 0.1) is 17.0 Å².